The van der Waals surface area contributed by atoms with Crippen LogP contribution in [0.25, 0.3) is 0 Å². The molecule has 1 unspecified atom stereocenters. The summed E-state index contributed by atoms with van der Waals surface area (Å²) in [5, 5.41) is 3.24. The van der Waals surface area contributed by atoms with Gasteiger partial charge in [-0.25, -0.2) is 8.42 Å². The summed E-state index contributed by atoms with van der Waals surface area (Å²) in [6, 6.07) is 6.80. The highest BCUT2D eigenvalue weighted by Gasteiger charge is 2.19. The Morgan fingerprint density at radius 2 is 2.12 bits per heavy atom. The first kappa shape index (κ1) is 12.4. The molecular weight excluding hydrogens is 238 g/mol. The van der Waals surface area contributed by atoms with Crippen molar-refractivity contribution in [1.29, 1.82) is 0 Å². The zero-order valence-electron chi connectivity index (χ0n) is 9.85. The number of piperidine rings is 1. The molecule has 2 rings (SSSR count). The van der Waals surface area contributed by atoms with Crippen LogP contribution in [0, 0.1) is 0 Å². The Balaban J connectivity index is 2.20. The molecule has 0 spiro atoms. The zero-order valence-corrected chi connectivity index (χ0v) is 10.7. The van der Waals surface area contributed by atoms with Crippen LogP contribution in [0.15, 0.2) is 29.2 Å². The highest BCUT2D eigenvalue weighted by Crippen LogP contribution is 2.25. The first-order chi connectivity index (χ1) is 8.07. The van der Waals surface area contributed by atoms with Crippen molar-refractivity contribution in [1.82, 2.24) is 5.32 Å². The molecule has 0 radical (unpaired) electrons. The molecular formula is C12H17NO3S. The zero-order chi connectivity index (χ0) is 12.3. The molecule has 0 saturated carbocycles. The van der Waals surface area contributed by atoms with Crippen molar-refractivity contribution in [2.24, 2.45) is 0 Å². The van der Waals surface area contributed by atoms with Crippen LogP contribution in [0.5, 0.6) is 5.75 Å². The van der Waals surface area contributed by atoms with Gasteiger partial charge in [-0.1, -0.05) is 12.1 Å². The van der Waals surface area contributed by atoms with Gasteiger partial charge in [0.25, 0.3) is 0 Å². The number of rotatable bonds is 3. The Hall–Kier alpha value is -1.07. The van der Waals surface area contributed by atoms with E-state index in [0.29, 0.717) is 5.75 Å². The van der Waals surface area contributed by atoms with Gasteiger partial charge in [-0.15, -0.1) is 0 Å². The van der Waals surface area contributed by atoms with Crippen LogP contribution in [0.4, 0.5) is 0 Å². The molecule has 1 heterocycles. The topological polar surface area (TPSA) is 55.4 Å². The summed E-state index contributed by atoms with van der Waals surface area (Å²) in [5.74, 6) is 0.462. The molecule has 1 aliphatic heterocycles. The summed E-state index contributed by atoms with van der Waals surface area (Å²) in [5.41, 5.74) is 0. The number of sulfone groups is 1. The molecule has 1 atom stereocenters. The molecule has 4 nitrogen and oxygen atoms in total. The summed E-state index contributed by atoms with van der Waals surface area (Å²) in [4.78, 5) is 0.269. The van der Waals surface area contributed by atoms with Crippen LogP contribution >= 0.6 is 0 Å². The van der Waals surface area contributed by atoms with Crippen LogP contribution in [-0.4, -0.2) is 33.9 Å². The first-order valence-corrected chi connectivity index (χ1v) is 7.63. The van der Waals surface area contributed by atoms with Gasteiger partial charge in [0.05, 0.1) is 0 Å². The predicted molar refractivity (Wildman–Crippen MR) is 66.1 cm³/mol. The molecule has 5 heteroatoms. The third-order valence-electron chi connectivity index (χ3n) is 2.79. The Bertz CT molecular complexity index is 478. The summed E-state index contributed by atoms with van der Waals surface area (Å²) in [6.45, 7) is 1.78. The van der Waals surface area contributed by atoms with Gasteiger partial charge in [0.15, 0.2) is 9.84 Å². The second-order valence-corrected chi connectivity index (χ2v) is 6.29. The molecule has 94 valence electrons. The third-order valence-corrected chi connectivity index (χ3v) is 3.93. The van der Waals surface area contributed by atoms with Gasteiger partial charge >= 0.3 is 0 Å². The lowest BCUT2D eigenvalue weighted by molar-refractivity contribution is 0.163. The van der Waals surface area contributed by atoms with E-state index in [9.17, 15) is 8.42 Å². The average molecular weight is 255 g/mol. The minimum Gasteiger partial charge on any atom is -0.488 e. The van der Waals surface area contributed by atoms with E-state index in [1.54, 1.807) is 24.3 Å². The molecule has 1 aromatic carbocycles. The number of para-hydroxylation sites is 1. The second kappa shape index (κ2) is 5.06. The van der Waals surface area contributed by atoms with Gasteiger partial charge in [-0.2, -0.15) is 0 Å². The van der Waals surface area contributed by atoms with Gasteiger partial charge in [0, 0.05) is 12.8 Å². The lowest BCUT2D eigenvalue weighted by Crippen LogP contribution is -2.37. The predicted octanol–water partition coefficient (Wildman–Crippen LogP) is 1.22. The normalized spacial score (nSPS) is 21.1. The molecule has 0 amide bonds. The molecule has 1 N–H and O–H groups in total. The molecule has 17 heavy (non-hydrogen) atoms. The molecule has 1 aromatic rings. The van der Waals surface area contributed by atoms with E-state index in [1.807, 2.05) is 0 Å². The average Bonchev–Trinajstić information content (AvgIpc) is 2.30. The van der Waals surface area contributed by atoms with Crippen LogP contribution in [0.2, 0.25) is 0 Å². The molecule has 0 aromatic heterocycles. The van der Waals surface area contributed by atoms with E-state index < -0.39 is 9.84 Å². The van der Waals surface area contributed by atoms with E-state index in [4.69, 9.17) is 4.74 Å². The smallest absolute Gasteiger partial charge is 0.179 e. The van der Waals surface area contributed by atoms with Gasteiger partial charge in [-0.3, -0.25) is 0 Å². The summed E-state index contributed by atoms with van der Waals surface area (Å²) in [6.07, 6.45) is 3.29. The number of ether oxygens (including phenoxy) is 1. The molecule has 0 aliphatic carbocycles. The fourth-order valence-corrected chi connectivity index (χ4v) is 2.76. The minimum absolute atomic E-state index is 0.0617. The third kappa shape index (κ3) is 3.20. The van der Waals surface area contributed by atoms with E-state index in [-0.39, 0.29) is 11.0 Å². The highest BCUT2D eigenvalue weighted by atomic mass is 32.2. The largest absolute Gasteiger partial charge is 0.488 e. The van der Waals surface area contributed by atoms with Gasteiger partial charge in [-0.05, 0) is 31.5 Å². The van der Waals surface area contributed by atoms with Crippen molar-refractivity contribution >= 4 is 9.84 Å². The number of hydrogen-bond acceptors (Lipinski definition) is 4. The van der Waals surface area contributed by atoms with Crippen molar-refractivity contribution in [3.8, 4) is 5.75 Å². The summed E-state index contributed by atoms with van der Waals surface area (Å²) >= 11 is 0. The lowest BCUT2D eigenvalue weighted by atomic mass is 10.1. The summed E-state index contributed by atoms with van der Waals surface area (Å²) < 4.78 is 29.0. The van der Waals surface area contributed by atoms with Crippen LogP contribution in [-0.2, 0) is 9.84 Å². The maximum Gasteiger partial charge on any atom is 0.179 e. The van der Waals surface area contributed by atoms with Gasteiger partial charge in [0.1, 0.15) is 16.7 Å². The second-order valence-electron chi connectivity index (χ2n) is 4.31. The van der Waals surface area contributed by atoms with Crippen molar-refractivity contribution in [2.45, 2.75) is 23.8 Å². The highest BCUT2D eigenvalue weighted by molar-refractivity contribution is 7.90. The summed E-state index contributed by atoms with van der Waals surface area (Å²) in [7, 11) is -3.23. The maximum atomic E-state index is 11.6. The van der Waals surface area contributed by atoms with Crippen LogP contribution in [0.3, 0.4) is 0 Å². The van der Waals surface area contributed by atoms with Crippen LogP contribution < -0.4 is 10.1 Å². The van der Waals surface area contributed by atoms with E-state index in [0.717, 1.165) is 25.9 Å². The monoisotopic (exact) mass is 255 g/mol. The van der Waals surface area contributed by atoms with E-state index >= 15 is 0 Å². The number of hydrogen-bond donors (Lipinski definition) is 1. The Morgan fingerprint density at radius 1 is 1.35 bits per heavy atom. The van der Waals surface area contributed by atoms with Crippen LogP contribution in [0.1, 0.15) is 12.8 Å². The van der Waals surface area contributed by atoms with Crippen molar-refractivity contribution in [2.75, 3.05) is 19.3 Å². The van der Waals surface area contributed by atoms with Gasteiger partial charge < -0.3 is 10.1 Å². The Kier molecular flexibility index (Phi) is 3.69. The molecule has 1 aliphatic rings. The van der Waals surface area contributed by atoms with Crippen molar-refractivity contribution in [3.05, 3.63) is 24.3 Å². The molecule has 1 fully saturated rings. The molecule has 0 bridgehead atoms. The number of nitrogens with one attached hydrogen (secondary N) is 1. The fourth-order valence-electron chi connectivity index (χ4n) is 1.95. The van der Waals surface area contributed by atoms with E-state index in [1.165, 1.54) is 6.26 Å². The van der Waals surface area contributed by atoms with E-state index in [2.05, 4.69) is 5.32 Å². The number of benzene rings is 1. The first-order valence-electron chi connectivity index (χ1n) is 5.74. The van der Waals surface area contributed by atoms with Crippen molar-refractivity contribution in [3.63, 3.8) is 0 Å². The fraction of sp³-hybridized carbons (Fsp3) is 0.500. The standard InChI is InChI=1S/C12H17NO3S/c1-17(14,15)12-7-3-2-6-11(12)16-10-5-4-8-13-9-10/h2-3,6-7,10,13H,4-5,8-9H2,1H3. The quantitative estimate of drug-likeness (QED) is 0.882. The SMILES string of the molecule is CS(=O)(=O)c1ccccc1OC1CCCNC1. The van der Waals surface area contributed by atoms with Gasteiger partial charge in [0.2, 0.25) is 0 Å². The Morgan fingerprint density at radius 3 is 2.76 bits per heavy atom. The van der Waals surface area contributed by atoms with Crippen molar-refractivity contribution < 1.29 is 13.2 Å². The molecule has 1 saturated heterocycles. The minimum atomic E-state index is -3.23. The lowest BCUT2D eigenvalue weighted by Gasteiger charge is -2.24. The maximum absolute atomic E-state index is 11.6. The Labute approximate surface area is 102 Å².